The highest BCUT2D eigenvalue weighted by atomic mass is 16.1. The Bertz CT molecular complexity index is 738. The standard InChI is InChI=1S/C17H14N2O/c20-17(8-7-13-4-3-9-18-11-13)15-10-14-5-1-2-6-16(14)19-12-15/h1-6,9-12H,7-8H2. The molecule has 3 nitrogen and oxygen atoms in total. The molecule has 0 N–H and O–H groups in total. The number of benzene rings is 1. The topological polar surface area (TPSA) is 42.9 Å². The Morgan fingerprint density at radius 2 is 1.95 bits per heavy atom. The van der Waals surface area contributed by atoms with Crippen LogP contribution in [0, 0.1) is 0 Å². The number of carbonyl (C=O) groups is 1. The van der Waals surface area contributed by atoms with E-state index < -0.39 is 0 Å². The summed E-state index contributed by atoms with van der Waals surface area (Å²) in [6.07, 6.45) is 6.38. The molecule has 0 radical (unpaired) electrons. The number of aromatic nitrogens is 2. The number of para-hydroxylation sites is 1. The van der Waals surface area contributed by atoms with Gasteiger partial charge in [0.25, 0.3) is 0 Å². The van der Waals surface area contributed by atoms with Crippen LogP contribution in [0.5, 0.6) is 0 Å². The van der Waals surface area contributed by atoms with Crippen LogP contribution in [-0.4, -0.2) is 15.8 Å². The van der Waals surface area contributed by atoms with Gasteiger partial charge in [-0.3, -0.25) is 14.8 Å². The summed E-state index contributed by atoms with van der Waals surface area (Å²) in [5.41, 5.74) is 2.67. The van der Waals surface area contributed by atoms with Gasteiger partial charge in [0.05, 0.1) is 5.52 Å². The first kappa shape index (κ1) is 12.5. The quantitative estimate of drug-likeness (QED) is 0.676. The van der Waals surface area contributed by atoms with Gasteiger partial charge in [-0.15, -0.1) is 0 Å². The minimum absolute atomic E-state index is 0.118. The minimum Gasteiger partial charge on any atom is -0.294 e. The molecule has 0 unspecified atom stereocenters. The van der Waals surface area contributed by atoms with Gasteiger partial charge in [0, 0.05) is 36.0 Å². The van der Waals surface area contributed by atoms with E-state index in [0.29, 0.717) is 18.4 Å². The highest BCUT2D eigenvalue weighted by Crippen LogP contribution is 2.14. The molecule has 3 rings (SSSR count). The van der Waals surface area contributed by atoms with E-state index in [4.69, 9.17) is 0 Å². The minimum atomic E-state index is 0.118. The number of ketones is 1. The van der Waals surface area contributed by atoms with E-state index in [9.17, 15) is 4.79 Å². The summed E-state index contributed by atoms with van der Waals surface area (Å²) < 4.78 is 0. The smallest absolute Gasteiger partial charge is 0.164 e. The van der Waals surface area contributed by atoms with Gasteiger partial charge in [-0.2, -0.15) is 0 Å². The maximum atomic E-state index is 12.2. The Morgan fingerprint density at radius 1 is 1.05 bits per heavy atom. The third-order valence-electron chi connectivity index (χ3n) is 3.28. The van der Waals surface area contributed by atoms with Crippen molar-refractivity contribution in [1.82, 2.24) is 9.97 Å². The van der Waals surface area contributed by atoms with Crippen LogP contribution in [0.1, 0.15) is 22.3 Å². The molecular weight excluding hydrogens is 248 g/mol. The number of fused-ring (bicyclic) bond motifs is 1. The molecule has 1 aromatic carbocycles. The number of Topliss-reactive ketones (excluding diaryl/α,β-unsaturated/α-hetero) is 1. The van der Waals surface area contributed by atoms with Crippen LogP contribution in [0.3, 0.4) is 0 Å². The van der Waals surface area contributed by atoms with Gasteiger partial charge < -0.3 is 0 Å². The van der Waals surface area contributed by atoms with Crippen molar-refractivity contribution in [2.24, 2.45) is 0 Å². The van der Waals surface area contributed by atoms with Crippen molar-refractivity contribution in [1.29, 1.82) is 0 Å². The van der Waals surface area contributed by atoms with Crippen LogP contribution in [0.25, 0.3) is 10.9 Å². The lowest BCUT2D eigenvalue weighted by Crippen LogP contribution is -2.02. The maximum Gasteiger partial charge on any atom is 0.164 e. The van der Waals surface area contributed by atoms with Crippen molar-refractivity contribution in [2.45, 2.75) is 12.8 Å². The normalized spacial score (nSPS) is 10.6. The molecule has 0 bridgehead atoms. The second-order valence-electron chi connectivity index (χ2n) is 4.70. The lowest BCUT2D eigenvalue weighted by Gasteiger charge is -2.03. The summed E-state index contributed by atoms with van der Waals surface area (Å²) in [4.78, 5) is 20.6. The van der Waals surface area contributed by atoms with E-state index in [1.807, 2.05) is 42.5 Å². The fraction of sp³-hybridized carbons (Fsp3) is 0.118. The summed E-state index contributed by atoms with van der Waals surface area (Å²) in [5, 5.41) is 1.000. The first-order chi connectivity index (χ1) is 9.83. The van der Waals surface area contributed by atoms with E-state index in [0.717, 1.165) is 16.5 Å². The number of pyridine rings is 2. The van der Waals surface area contributed by atoms with Crippen LogP contribution >= 0.6 is 0 Å². The maximum absolute atomic E-state index is 12.2. The highest BCUT2D eigenvalue weighted by molar-refractivity contribution is 5.98. The zero-order chi connectivity index (χ0) is 13.8. The van der Waals surface area contributed by atoms with E-state index in [2.05, 4.69) is 9.97 Å². The molecule has 0 aliphatic rings. The Labute approximate surface area is 117 Å². The molecule has 0 fully saturated rings. The molecule has 20 heavy (non-hydrogen) atoms. The van der Waals surface area contributed by atoms with E-state index >= 15 is 0 Å². The molecule has 0 aliphatic carbocycles. The van der Waals surface area contributed by atoms with E-state index in [1.165, 1.54) is 0 Å². The SMILES string of the molecule is O=C(CCc1cccnc1)c1cnc2ccccc2c1. The van der Waals surface area contributed by atoms with Crippen molar-refractivity contribution in [3.8, 4) is 0 Å². The molecule has 0 saturated carbocycles. The first-order valence-electron chi connectivity index (χ1n) is 6.60. The Balaban J connectivity index is 1.75. The summed E-state index contributed by atoms with van der Waals surface area (Å²) in [6, 6.07) is 13.6. The number of rotatable bonds is 4. The average Bonchev–Trinajstić information content (AvgIpc) is 2.53. The van der Waals surface area contributed by atoms with Gasteiger partial charge in [0.1, 0.15) is 0 Å². The van der Waals surface area contributed by atoms with Crippen LogP contribution < -0.4 is 0 Å². The lowest BCUT2D eigenvalue weighted by molar-refractivity contribution is 0.0982. The van der Waals surface area contributed by atoms with Crippen LogP contribution in [-0.2, 0) is 6.42 Å². The third-order valence-corrected chi connectivity index (χ3v) is 3.28. The lowest BCUT2D eigenvalue weighted by atomic mass is 10.0. The monoisotopic (exact) mass is 262 g/mol. The number of carbonyl (C=O) groups excluding carboxylic acids is 1. The zero-order valence-corrected chi connectivity index (χ0v) is 11.0. The van der Waals surface area contributed by atoms with Crippen LogP contribution in [0.2, 0.25) is 0 Å². The van der Waals surface area contributed by atoms with Gasteiger partial charge in [-0.1, -0.05) is 24.3 Å². The fourth-order valence-corrected chi connectivity index (χ4v) is 2.17. The molecule has 0 aliphatic heterocycles. The molecule has 98 valence electrons. The Kier molecular flexibility index (Phi) is 3.50. The first-order valence-corrected chi connectivity index (χ1v) is 6.60. The molecule has 0 spiro atoms. The van der Waals surface area contributed by atoms with Crippen molar-refractivity contribution < 1.29 is 4.79 Å². The number of hydrogen-bond acceptors (Lipinski definition) is 3. The van der Waals surface area contributed by atoms with Gasteiger partial charge in [-0.25, -0.2) is 0 Å². The molecule has 0 atom stereocenters. The summed E-state index contributed by atoms with van der Waals surface area (Å²) in [7, 11) is 0. The summed E-state index contributed by atoms with van der Waals surface area (Å²) in [6.45, 7) is 0. The largest absolute Gasteiger partial charge is 0.294 e. The van der Waals surface area contributed by atoms with Gasteiger partial charge in [0.2, 0.25) is 0 Å². The van der Waals surface area contributed by atoms with E-state index in [1.54, 1.807) is 18.6 Å². The number of nitrogens with zero attached hydrogens (tertiary/aromatic N) is 2. The zero-order valence-electron chi connectivity index (χ0n) is 11.0. The van der Waals surface area contributed by atoms with Crippen molar-refractivity contribution >= 4 is 16.7 Å². The number of hydrogen-bond donors (Lipinski definition) is 0. The molecular formula is C17H14N2O. The molecule has 2 heterocycles. The third kappa shape index (κ3) is 2.72. The van der Waals surface area contributed by atoms with Crippen molar-refractivity contribution in [2.75, 3.05) is 0 Å². The Hall–Kier alpha value is -2.55. The van der Waals surface area contributed by atoms with Crippen LogP contribution in [0.4, 0.5) is 0 Å². The van der Waals surface area contributed by atoms with Gasteiger partial charge in [-0.05, 0) is 30.2 Å². The molecule has 3 aromatic rings. The predicted molar refractivity (Wildman–Crippen MR) is 78.6 cm³/mol. The average molecular weight is 262 g/mol. The predicted octanol–water partition coefficient (Wildman–Crippen LogP) is 3.45. The number of aryl methyl sites for hydroxylation is 1. The van der Waals surface area contributed by atoms with Crippen molar-refractivity contribution in [3.05, 3.63) is 72.2 Å². The van der Waals surface area contributed by atoms with Gasteiger partial charge in [0.15, 0.2) is 5.78 Å². The molecule has 2 aromatic heterocycles. The molecule has 0 amide bonds. The van der Waals surface area contributed by atoms with Crippen molar-refractivity contribution in [3.63, 3.8) is 0 Å². The second kappa shape index (κ2) is 5.61. The van der Waals surface area contributed by atoms with Crippen LogP contribution in [0.15, 0.2) is 61.1 Å². The summed E-state index contributed by atoms with van der Waals surface area (Å²) >= 11 is 0. The van der Waals surface area contributed by atoms with E-state index in [-0.39, 0.29) is 5.78 Å². The second-order valence-corrected chi connectivity index (χ2v) is 4.70. The fourth-order valence-electron chi connectivity index (χ4n) is 2.17. The Morgan fingerprint density at radius 3 is 2.80 bits per heavy atom. The molecule has 3 heteroatoms. The molecule has 0 saturated heterocycles. The highest BCUT2D eigenvalue weighted by Gasteiger charge is 2.07. The van der Waals surface area contributed by atoms with Gasteiger partial charge >= 0.3 is 0 Å². The summed E-state index contributed by atoms with van der Waals surface area (Å²) in [5.74, 6) is 0.118.